The highest BCUT2D eigenvalue weighted by Crippen LogP contribution is 2.11. The van der Waals surface area contributed by atoms with Gasteiger partial charge in [-0.05, 0) is 31.5 Å². The number of allylic oxidation sites excluding steroid dienone is 1. The van der Waals surface area contributed by atoms with Crippen LogP contribution in [0, 0.1) is 0 Å². The highest BCUT2D eigenvalue weighted by Gasteiger charge is 2.05. The van der Waals surface area contributed by atoms with Gasteiger partial charge < -0.3 is 9.47 Å². The van der Waals surface area contributed by atoms with E-state index in [-0.39, 0.29) is 13.2 Å². The number of ether oxygens (including phenoxy) is 2. The van der Waals surface area contributed by atoms with Crippen molar-refractivity contribution in [2.24, 2.45) is 0 Å². The molecule has 1 aromatic carbocycles. The van der Waals surface area contributed by atoms with Crippen molar-refractivity contribution in [3.63, 3.8) is 0 Å². The van der Waals surface area contributed by atoms with Crippen molar-refractivity contribution < 1.29 is 19.1 Å². The predicted molar refractivity (Wildman–Crippen MR) is 75.2 cm³/mol. The van der Waals surface area contributed by atoms with E-state index in [9.17, 15) is 9.59 Å². The van der Waals surface area contributed by atoms with Crippen molar-refractivity contribution >= 4 is 23.7 Å². The van der Waals surface area contributed by atoms with Gasteiger partial charge in [-0.1, -0.05) is 23.7 Å². The third kappa shape index (κ3) is 6.24. The van der Waals surface area contributed by atoms with Crippen LogP contribution in [0.15, 0.2) is 36.0 Å². The molecule has 0 saturated carbocycles. The van der Waals surface area contributed by atoms with Crippen molar-refractivity contribution in [1.29, 1.82) is 0 Å². The minimum atomic E-state index is -0.650. The van der Waals surface area contributed by atoms with E-state index in [1.165, 1.54) is 6.08 Å². The molecule has 0 aliphatic heterocycles. The normalized spacial score (nSPS) is 10.8. The first kappa shape index (κ1) is 16.0. The lowest BCUT2D eigenvalue weighted by Crippen LogP contribution is -2.23. The first-order valence-electron chi connectivity index (χ1n) is 6.04. The van der Waals surface area contributed by atoms with Gasteiger partial charge in [-0.15, -0.1) is 0 Å². The molecule has 1 rings (SSSR count). The maximum atomic E-state index is 11.5. The molecule has 1 amide bonds. The SMILES string of the molecule is CCOC(=O)C=C(C)NC(=O)OCc1cccc(Cl)c1. The van der Waals surface area contributed by atoms with E-state index in [1.54, 1.807) is 38.1 Å². The molecular formula is C14H16ClNO4. The molecular weight excluding hydrogens is 282 g/mol. The minimum absolute atomic E-state index is 0.0963. The Bertz CT molecular complexity index is 514. The number of carbonyl (C=O) groups excluding carboxylic acids is 2. The molecule has 1 aromatic rings. The average Bonchev–Trinajstić information content (AvgIpc) is 2.36. The molecule has 0 fully saturated rings. The van der Waals surface area contributed by atoms with Crippen LogP contribution in [0.2, 0.25) is 5.02 Å². The third-order valence-corrected chi connectivity index (χ3v) is 2.41. The molecule has 0 spiro atoms. The fourth-order valence-electron chi connectivity index (χ4n) is 1.37. The Morgan fingerprint density at radius 3 is 2.75 bits per heavy atom. The summed E-state index contributed by atoms with van der Waals surface area (Å²) in [5, 5.41) is 2.99. The molecule has 0 radical (unpaired) electrons. The fraction of sp³-hybridized carbons (Fsp3) is 0.286. The van der Waals surface area contributed by atoms with Gasteiger partial charge in [-0.2, -0.15) is 0 Å². The van der Waals surface area contributed by atoms with Crippen molar-refractivity contribution in [3.8, 4) is 0 Å². The molecule has 20 heavy (non-hydrogen) atoms. The molecule has 0 saturated heterocycles. The number of hydrogen-bond donors (Lipinski definition) is 1. The highest BCUT2D eigenvalue weighted by atomic mass is 35.5. The van der Waals surface area contributed by atoms with E-state index in [2.05, 4.69) is 5.32 Å². The van der Waals surface area contributed by atoms with Gasteiger partial charge in [-0.25, -0.2) is 9.59 Å². The van der Waals surface area contributed by atoms with Gasteiger partial charge >= 0.3 is 12.1 Å². The molecule has 0 unspecified atom stereocenters. The third-order valence-electron chi connectivity index (χ3n) is 2.18. The van der Waals surface area contributed by atoms with Gasteiger partial charge in [0.2, 0.25) is 0 Å². The zero-order valence-corrected chi connectivity index (χ0v) is 12.1. The summed E-state index contributed by atoms with van der Waals surface area (Å²) >= 11 is 5.81. The van der Waals surface area contributed by atoms with Crippen molar-refractivity contribution in [2.45, 2.75) is 20.5 Å². The van der Waals surface area contributed by atoms with E-state index >= 15 is 0 Å². The van der Waals surface area contributed by atoms with Crippen molar-refractivity contribution in [1.82, 2.24) is 5.32 Å². The lowest BCUT2D eigenvalue weighted by molar-refractivity contribution is -0.137. The average molecular weight is 298 g/mol. The maximum absolute atomic E-state index is 11.5. The Kier molecular flexibility index (Phi) is 6.59. The Hall–Kier alpha value is -2.01. The second-order valence-electron chi connectivity index (χ2n) is 3.91. The number of hydrogen-bond acceptors (Lipinski definition) is 4. The van der Waals surface area contributed by atoms with E-state index in [1.807, 2.05) is 0 Å². The van der Waals surface area contributed by atoms with Crippen LogP contribution in [-0.4, -0.2) is 18.7 Å². The van der Waals surface area contributed by atoms with Gasteiger partial charge in [-0.3, -0.25) is 5.32 Å². The number of alkyl carbamates (subject to hydrolysis) is 1. The second-order valence-corrected chi connectivity index (χ2v) is 4.35. The van der Waals surface area contributed by atoms with Crippen LogP contribution >= 0.6 is 11.6 Å². The van der Waals surface area contributed by atoms with Crippen LogP contribution in [0.4, 0.5) is 4.79 Å². The molecule has 0 aliphatic carbocycles. The summed E-state index contributed by atoms with van der Waals surface area (Å²) in [5.41, 5.74) is 1.12. The quantitative estimate of drug-likeness (QED) is 0.670. The number of benzene rings is 1. The number of halogens is 1. The highest BCUT2D eigenvalue weighted by molar-refractivity contribution is 6.30. The number of rotatable bonds is 5. The van der Waals surface area contributed by atoms with E-state index in [4.69, 9.17) is 21.1 Å². The summed E-state index contributed by atoms with van der Waals surface area (Å²) in [6.45, 7) is 3.65. The Morgan fingerprint density at radius 2 is 2.10 bits per heavy atom. The number of nitrogens with one attached hydrogen (secondary N) is 1. The Morgan fingerprint density at radius 1 is 1.35 bits per heavy atom. The summed E-state index contributed by atoms with van der Waals surface area (Å²) in [6, 6.07) is 7.00. The smallest absolute Gasteiger partial charge is 0.411 e. The van der Waals surface area contributed by atoms with E-state index in [0.29, 0.717) is 10.7 Å². The zero-order chi connectivity index (χ0) is 15.0. The largest absolute Gasteiger partial charge is 0.463 e. The molecule has 0 atom stereocenters. The summed E-state index contributed by atoms with van der Waals surface area (Å²) < 4.78 is 9.71. The van der Waals surface area contributed by atoms with Crippen LogP contribution in [0.25, 0.3) is 0 Å². The zero-order valence-electron chi connectivity index (χ0n) is 11.3. The van der Waals surface area contributed by atoms with Crippen LogP contribution in [0.3, 0.4) is 0 Å². The van der Waals surface area contributed by atoms with Gasteiger partial charge in [0.1, 0.15) is 6.61 Å². The van der Waals surface area contributed by atoms with Crippen LogP contribution < -0.4 is 5.32 Å². The monoisotopic (exact) mass is 297 g/mol. The number of carbonyl (C=O) groups is 2. The molecule has 5 nitrogen and oxygen atoms in total. The van der Waals surface area contributed by atoms with E-state index in [0.717, 1.165) is 5.56 Å². The summed E-state index contributed by atoms with van der Waals surface area (Å²) in [4.78, 5) is 22.6. The van der Waals surface area contributed by atoms with Crippen LogP contribution in [-0.2, 0) is 20.9 Å². The molecule has 1 N–H and O–H groups in total. The molecule has 0 aliphatic rings. The van der Waals surface area contributed by atoms with Gasteiger partial charge in [0.25, 0.3) is 0 Å². The number of amides is 1. The van der Waals surface area contributed by atoms with Crippen LogP contribution in [0.1, 0.15) is 19.4 Å². The summed E-state index contributed by atoms with van der Waals surface area (Å²) in [5.74, 6) is -0.514. The topological polar surface area (TPSA) is 64.6 Å². The minimum Gasteiger partial charge on any atom is -0.463 e. The standard InChI is InChI=1S/C14H16ClNO4/c1-3-19-13(17)7-10(2)16-14(18)20-9-11-5-4-6-12(15)8-11/h4-8H,3,9H2,1-2H3,(H,16,18). The predicted octanol–water partition coefficient (Wildman–Crippen LogP) is 3.03. The lowest BCUT2D eigenvalue weighted by atomic mass is 10.2. The fourth-order valence-corrected chi connectivity index (χ4v) is 1.58. The number of esters is 1. The molecule has 0 heterocycles. The Balaban J connectivity index is 2.42. The molecule has 0 bridgehead atoms. The van der Waals surface area contributed by atoms with Crippen LogP contribution in [0.5, 0.6) is 0 Å². The molecule has 0 aromatic heterocycles. The lowest BCUT2D eigenvalue weighted by Gasteiger charge is -2.07. The summed E-state index contributed by atoms with van der Waals surface area (Å²) in [6.07, 6.45) is 0.535. The second kappa shape index (κ2) is 8.22. The van der Waals surface area contributed by atoms with Gasteiger partial charge in [0.15, 0.2) is 0 Å². The van der Waals surface area contributed by atoms with Gasteiger partial charge in [0, 0.05) is 16.8 Å². The maximum Gasteiger partial charge on any atom is 0.411 e. The first-order valence-corrected chi connectivity index (χ1v) is 6.42. The van der Waals surface area contributed by atoms with Crippen molar-refractivity contribution in [3.05, 3.63) is 46.6 Å². The van der Waals surface area contributed by atoms with Crippen molar-refractivity contribution in [2.75, 3.05) is 6.61 Å². The molecule has 108 valence electrons. The first-order chi connectivity index (χ1) is 9.51. The summed E-state index contributed by atoms with van der Waals surface area (Å²) in [7, 11) is 0. The Labute approximate surface area is 122 Å². The van der Waals surface area contributed by atoms with E-state index < -0.39 is 12.1 Å². The van der Waals surface area contributed by atoms with Gasteiger partial charge in [0.05, 0.1) is 6.61 Å². The molecule has 6 heteroatoms.